The predicted octanol–water partition coefficient (Wildman–Crippen LogP) is 7.88. The average molecular weight is 457 g/mol. The summed E-state index contributed by atoms with van der Waals surface area (Å²) in [5.74, 6) is 2.59. The Hall–Kier alpha value is -4.44. The molecule has 1 aliphatic heterocycles. The Kier molecular flexibility index (Phi) is 4.71. The highest BCUT2D eigenvalue weighted by atomic mass is 16.6. The summed E-state index contributed by atoms with van der Waals surface area (Å²) in [6.45, 7) is 4.48. The standard InChI is InChI=1S/C31H24N2O2/c1-31(2)23-11-7-6-10-21(23)22-17-29-30(18-24(22)31)34-27-15-12-20(16-28(27)35-29)26(33)14-13-25(32)19-8-4-3-5-9-19/h3-18,32-33H,1-2H3/b14-13-,32-25?,33-26?. The third-order valence-corrected chi connectivity index (χ3v) is 6.84. The molecule has 2 N–H and O–H groups in total. The first-order chi connectivity index (χ1) is 16.9. The molecule has 0 fully saturated rings. The summed E-state index contributed by atoms with van der Waals surface area (Å²) in [5, 5.41) is 16.7. The van der Waals surface area contributed by atoms with E-state index in [-0.39, 0.29) is 5.41 Å². The van der Waals surface area contributed by atoms with Gasteiger partial charge in [-0.25, -0.2) is 0 Å². The van der Waals surface area contributed by atoms with Crippen LogP contribution >= 0.6 is 0 Å². The fraction of sp³-hybridized carbons (Fsp3) is 0.0968. The van der Waals surface area contributed by atoms with Crippen molar-refractivity contribution in [1.82, 2.24) is 0 Å². The zero-order valence-electron chi connectivity index (χ0n) is 19.6. The van der Waals surface area contributed by atoms with Gasteiger partial charge in [-0.05, 0) is 70.3 Å². The second-order valence-electron chi connectivity index (χ2n) is 9.41. The Labute approximate surface area is 204 Å². The van der Waals surface area contributed by atoms with Crippen LogP contribution in [0.1, 0.15) is 36.1 Å². The summed E-state index contributed by atoms with van der Waals surface area (Å²) in [4.78, 5) is 0. The molecule has 0 saturated heterocycles. The Balaban J connectivity index is 1.29. The summed E-state index contributed by atoms with van der Waals surface area (Å²) in [6.07, 6.45) is 3.28. The molecular formula is C31H24N2O2. The number of nitrogens with one attached hydrogen (secondary N) is 2. The lowest BCUT2D eigenvalue weighted by molar-refractivity contribution is 0.359. The van der Waals surface area contributed by atoms with E-state index in [1.807, 2.05) is 48.5 Å². The van der Waals surface area contributed by atoms with E-state index in [0.29, 0.717) is 40.0 Å². The minimum absolute atomic E-state index is 0.108. The van der Waals surface area contributed by atoms with E-state index < -0.39 is 0 Å². The quantitative estimate of drug-likeness (QED) is 0.270. The zero-order valence-corrected chi connectivity index (χ0v) is 19.6. The third kappa shape index (κ3) is 3.46. The Morgan fingerprint density at radius 1 is 0.600 bits per heavy atom. The van der Waals surface area contributed by atoms with E-state index in [0.717, 1.165) is 5.56 Å². The molecule has 0 atom stereocenters. The first kappa shape index (κ1) is 21.1. The highest BCUT2D eigenvalue weighted by Crippen LogP contribution is 2.54. The normalized spacial score (nSPS) is 14.2. The molecular weight excluding hydrogens is 432 g/mol. The molecule has 0 unspecified atom stereocenters. The molecule has 0 radical (unpaired) electrons. The lowest BCUT2D eigenvalue weighted by Gasteiger charge is -2.25. The van der Waals surface area contributed by atoms with Crippen LogP contribution in [-0.4, -0.2) is 11.4 Å². The monoisotopic (exact) mass is 456 g/mol. The van der Waals surface area contributed by atoms with Gasteiger partial charge in [0.05, 0.1) is 11.4 Å². The van der Waals surface area contributed by atoms with Gasteiger partial charge in [0, 0.05) is 11.0 Å². The number of rotatable bonds is 4. The molecule has 6 rings (SSSR count). The second kappa shape index (κ2) is 7.81. The topological polar surface area (TPSA) is 66.2 Å². The zero-order chi connectivity index (χ0) is 24.2. The summed E-state index contributed by atoms with van der Waals surface area (Å²) in [7, 11) is 0. The molecule has 0 aromatic heterocycles. The second-order valence-corrected chi connectivity index (χ2v) is 9.41. The van der Waals surface area contributed by atoms with E-state index in [4.69, 9.17) is 20.3 Å². The SMILES string of the molecule is CC1(C)c2ccccc2-c2cc3c(cc21)Oc1ccc(C(=N)/C=C\C(=N)c2ccccc2)cc1O3. The van der Waals surface area contributed by atoms with Crippen molar-refractivity contribution in [3.05, 3.63) is 119 Å². The molecule has 4 aromatic carbocycles. The van der Waals surface area contributed by atoms with E-state index in [1.54, 1.807) is 12.2 Å². The highest BCUT2D eigenvalue weighted by molar-refractivity contribution is 6.14. The maximum atomic E-state index is 8.49. The third-order valence-electron chi connectivity index (χ3n) is 6.84. The lowest BCUT2D eigenvalue weighted by Crippen LogP contribution is -2.15. The molecule has 0 spiro atoms. The van der Waals surface area contributed by atoms with Crippen LogP contribution in [0.4, 0.5) is 0 Å². The molecule has 4 aromatic rings. The minimum Gasteiger partial charge on any atom is -0.450 e. The first-order valence-electron chi connectivity index (χ1n) is 11.6. The van der Waals surface area contributed by atoms with Gasteiger partial charge in [-0.3, -0.25) is 0 Å². The molecule has 0 amide bonds. The molecule has 4 heteroatoms. The van der Waals surface area contributed by atoms with Crippen LogP contribution in [-0.2, 0) is 5.41 Å². The van der Waals surface area contributed by atoms with E-state index in [1.165, 1.54) is 22.3 Å². The van der Waals surface area contributed by atoms with Gasteiger partial charge in [0.2, 0.25) is 0 Å². The molecule has 170 valence electrons. The molecule has 0 bridgehead atoms. The van der Waals surface area contributed by atoms with Gasteiger partial charge in [-0.15, -0.1) is 0 Å². The summed E-state index contributed by atoms with van der Waals surface area (Å²) in [6, 6.07) is 27.7. The van der Waals surface area contributed by atoms with E-state index in [2.05, 4.69) is 50.2 Å². The number of ether oxygens (including phenoxy) is 2. The maximum Gasteiger partial charge on any atom is 0.170 e. The van der Waals surface area contributed by atoms with Gasteiger partial charge >= 0.3 is 0 Å². The van der Waals surface area contributed by atoms with E-state index >= 15 is 0 Å². The van der Waals surface area contributed by atoms with Gasteiger partial charge in [-0.1, -0.05) is 68.4 Å². The summed E-state index contributed by atoms with van der Waals surface area (Å²) < 4.78 is 12.5. The number of benzene rings is 4. The maximum absolute atomic E-state index is 8.49. The van der Waals surface area contributed by atoms with Crippen LogP contribution in [0.2, 0.25) is 0 Å². The molecule has 4 nitrogen and oxygen atoms in total. The summed E-state index contributed by atoms with van der Waals surface area (Å²) >= 11 is 0. The highest BCUT2D eigenvalue weighted by Gasteiger charge is 2.37. The number of hydrogen-bond acceptors (Lipinski definition) is 4. The van der Waals surface area contributed by atoms with Gasteiger partial charge in [0.15, 0.2) is 23.0 Å². The largest absolute Gasteiger partial charge is 0.450 e. The van der Waals surface area contributed by atoms with Crippen molar-refractivity contribution in [2.45, 2.75) is 19.3 Å². The average Bonchev–Trinajstić information content (AvgIpc) is 3.11. The Morgan fingerprint density at radius 2 is 1.23 bits per heavy atom. The van der Waals surface area contributed by atoms with Gasteiger partial charge in [0.25, 0.3) is 0 Å². The van der Waals surface area contributed by atoms with Gasteiger partial charge < -0.3 is 20.3 Å². The van der Waals surface area contributed by atoms with Crippen LogP contribution in [0.3, 0.4) is 0 Å². The van der Waals surface area contributed by atoms with Crippen LogP contribution in [0.5, 0.6) is 23.0 Å². The van der Waals surface area contributed by atoms with Gasteiger partial charge in [-0.2, -0.15) is 0 Å². The molecule has 1 aliphatic carbocycles. The summed E-state index contributed by atoms with van der Waals surface area (Å²) in [5.41, 5.74) is 6.99. The smallest absolute Gasteiger partial charge is 0.170 e. The fourth-order valence-electron chi connectivity index (χ4n) is 4.92. The number of hydrogen-bond donors (Lipinski definition) is 2. The van der Waals surface area contributed by atoms with E-state index in [9.17, 15) is 0 Å². The fourth-order valence-corrected chi connectivity index (χ4v) is 4.92. The van der Waals surface area contributed by atoms with Crippen molar-refractivity contribution in [3.63, 3.8) is 0 Å². The Bertz CT molecular complexity index is 1550. The van der Waals surface area contributed by atoms with Crippen LogP contribution in [0.15, 0.2) is 97.1 Å². The van der Waals surface area contributed by atoms with Crippen LogP contribution in [0, 0.1) is 10.8 Å². The van der Waals surface area contributed by atoms with Gasteiger partial charge in [0.1, 0.15) is 0 Å². The number of allylic oxidation sites excluding steroid dienone is 2. The Morgan fingerprint density at radius 3 is 2.03 bits per heavy atom. The minimum atomic E-state index is -0.108. The first-order valence-corrected chi connectivity index (χ1v) is 11.6. The number of fused-ring (bicyclic) bond motifs is 5. The van der Waals surface area contributed by atoms with Crippen molar-refractivity contribution >= 4 is 11.4 Å². The van der Waals surface area contributed by atoms with Crippen LogP contribution < -0.4 is 9.47 Å². The lowest BCUT2D eigenvalue weighted by atomic mass is 9.82. The molecule has 0 saturated carbocycles. The van der Waals surface area contributed by atoms with Crippen molar-refractivity contribution in [2.75, 3.05) is 0 Å². The predicted molar refractivity (Wildman–Crippen MR) is 140 cm³/mol. The van der Waals surface area contributed by atoms with Crippen LogP contribution in [0.25, 0.3) is 11.1 Å². The van der Waals surface area contributed by atoms with Crippen molar-refractivity contribution in [3.8, 4) is 34.1 Å². The molecule has 2 aliphatic rings. The van der Waals surface area contributed by atoms with Crippen molar-refractivity contribution in [2.24, 2.45) is 0 Å². The van der Waals surface area contributed by atoms with Crippen molar-refractivity contribution in [1.29, 1.82) is 10.8 Å². The molecule has 35 heavy (non-hydrogen) atoms. The molecule has 1 heterocycles. The van der Waals surface area contributed by atoms with Crippen molar-refractivity contribution < 1.29 is 9.47 Å².